The molecule has 0 fully saturated rings. The molecule has 0 spiro atoms. The highest BCUT2D eigenvalue weighted by atomic mass is 16.3. The molecular formula is C7H6N2O2. The van der Waals surface area contributed by atoms with E-state index in [1.807, 2.05) is 0 Å². The van der Waals surface area contributed by atoms with Gasteiger partial charge in [0.2, 0.25) is 0 Å². The van der Waals surface area contributed by atoms with Gasteiger partial charge in [-0.25, -0.2) is 0 Å². The summed E-state index contributed by atoms with van der Waals surface area (Å²) in [4.78, 5) is 16.1. The van der Waals surface area contributed by atoms with Crippen molar-refractivity contribution in [2.24, 2.45) is 0 Å². The first-order chi connectivity index (χ1) is 5.27. The van der Waals surface area contributed by atoms with Crippen LogP contribution in [0, 0.1) is 0 Å². The van der Waals surface area contributed by atoms with Crippen molar-refractivity contribution in [3.05, 3.63) is 28.7 Å². The fraction of sp³-hybridized carbons (Fsp3) is 0. The predicted molar refractivity (Wildman–Crippen MR) is 40.6 cm³/mol. The predicted octanol–water partition coefficient (Wildman–Crippen LogP) is 0.562. The lowest BCUT2D eigenvalue weighted by Gasteiger charge is -1.91. The molecule has 0 amide bonds. The molecule has 0 aliphatic heterocycles. The van der Waals surface area contributed by atoms with Gasteiger partial charge in [-0.1, -0.05) is 0 Å². The Balaban J connectivity index is 3.02. The zero-order chi connectivity index (χ0) is 7.84. The van der Waals surface area contributed by atoms with Crippen LogP contribution in [0.3, 0.4) is 0 Å². The molecular weight excluding hydrogens is 144 g/mol. The Morgan fingerprint density at radius 2 is 2.27 bits per heavy atom. The van der Waals surface area contributed by atoms with Gasteiger partial charge in [-0.05, 0) is 6.07 Å². The van der Waals surface area contributed by atoms with Gasteiger partial charge in [0.1, 0.15) is 11.4 Å². The van der Waals surface area contributed by atoms with Crippen LogP contribution in [-0.2, 0) is 0 Å². The van der Waals surface area contributed by atoms with Crippen molar-refractivity contribution in [2.45, 2.75) is 0 Å². The smallest absolute Gasteiger partial charge is 0.253 e. The maximum Gasteiger partial charge on any atom is 0.253 e. The molecule has 2 rings (SSSR count). The van der Waals surface area contributed by atoms with Crippen LogP contribution in [0.1, 0.15) is 0 Å². The number of nitrogens with one attached hydrogen (secondary N) is 2. The Morgan fingerprint density at radius 1 is 1.45 bits per heavy atom. The van der Waals surface area contributed by atoms with E-state index in [0.29, 0.717) is 11.0 Å². The second-order valence-corrected chi connectivity index (χ2v) is 2.29. The minimum Gasteiger partial charge on any atom is -0.507 e. The average molecular weight is 150 g/mol. The molecule has 0 unspecified atom stereocenters. The van der Waals surface area contributed by atoms with E-state index >= 15 is 0 Å². The summed E-state index contributed by atoms with van der Waals surface area (Å²) in [6.45, 7) is 0. The van der Waals surface area contributed by atoms with Crippen LogP contribution in [-0.4, -0.2) is 15.1 Å². The van der Waals surface area contributed by atoms with Gasteiger partial charge in [-0.15, -0.1) is 0 Å². The number of pyridine rings is 1. The van der Waals surface area contributed by atoms with Crippen molar-refractivity contribution < 1.29 is 5.11 Å². The van der Waals surface area contributed by atoms with Crippen molar-refractivity contribution in [1.82, 2.24) is 9.97 Å². The number of hydrogen-bond donors (Lipinski definition) is 3. The summed E-state index contributed by atoms with van der Waals surface area (Å²) in [6.07, 6.45) is 1.65. The van der Waals surface area contributed by atoms with E-state index in [1.54, 1.807) is 12.3 Å². The van der Waals surface area contributed by atoms with Crippen LogP contribution in [0.2, 0.25) is 0 Å². The van der Waals surface area contributed by atoms with Crippen LogP contribution < -0.4 is 5.56 Å². The van der Waals surface area contributed by atoms with Gasteiger partial charge in [0.05, 0.1) is 5.39 Å². The first-order valence-electron chi connectivity index (χ1n) is 3.17. The third kappa shape index (κ3) is 0.797. The molecule has 0 aliphatic carbocycles. The van der Waals surface area contributed by atoms with Gasteiger partial charge in [-0.2, -0.15) is 0 Å². The zero-order valence-corrected chi connectivity index (χ0v) is 5.59. The molecule has 0 aromatic carbocycles. The molecule has 4 heteroatoms. The second-order valence-electron chi connectivity index (χ2n) is 2.29. The second kappa shape index (κ2) is 1.88. The zero-order valence-electron chi connectivity index (χ0n) is 5.59. The van der Waals surface area contributed by atoms with Gasteiger partial charge >= 0.3 is 0 Å². The number of aromatic hydroxyl groups is 1. The normalized spacial score (nSPS) is 10.5. The Bertz CT molecular complexity index is 441. The summed E-state index contributed by atoms with van der Waals surface area (Å²) in [7, 11) is 0. The summed E-state index contributed by atoms with van der Waals surface area (Å²) in [6, 6.07) is 2.84. The van der Waals surface area contributed by atoms with Crippen molar-refractivity contribution in [3.8, 4) is 5.75 Å². The minimum absolute atomic E-state index is 0.00463. The fourth-order valence-corrected chi connectivity index (χ4v) is 1.05. The van der Waals surface area contributed by atoms with Gasteiger partial charge in [0.15, 0.2) is 0 Å². The van der Waals surface area contributed by atoms with Crippen LogP contribution in [0.25, 0.3) is 11.0 Å². The number of rotatable bonds is 0. The number of aromatic amines is 2. The van der Waals surface area contributed by atoms with Gasteiger partial charge < -0.3 is 15.1 Å². The van der Waals surface area contributed by atoms with E-state index in [2.05, 4.69) is 9.97 Å². The van der Waals surface area contributed by atoms with Gasteiger partial charge in [0, 0.05) is 12.3 Å². The van der Waals surface area contributed by atoms with E-state index in [-0.39, 0.29) is 11.3 Å². The molecule has 0 bridgehead atoms. The SMILES string of the molecule is O=c1cc(O)c2cc[nH]c2[nH]1. The number of fused-ring (bicyclic) bond motifs is 1. The van der Waals surface area contributed by atoms with Gasteiger partial charge in [-0.3, -0.25) is 4.79 Å². The molecule has 0 saturated heterocycles. The summed E-state index contributed by atoms with van der Waals surface area (Å²) >= 11 is 0. The first-order valence-corrected chi connectivity index (χ1v) is 3.17. The third-order valence-corrected chi connectivity index (χ3v) is 1.54. The Morgan fingerprint density at radius 3 is 3.09 bits per heavy atom. The molecule has 2 aromatic rings. The van der Waals surface area contributed by atoms with Crippen molar-refractivity contribution in [1.29, 1.82) is 0 Å². The van der Waals surface area contributed by atoms with Crippen molar-refractivity contribution >= 4 is 11.0 Å². The third-order valence-electron chi connectivity index (χ3n) is 1.54. The summed E-state index contributed by atoms with van der Waals surface area (Å²) in [5.74, 6) is 0.00463. The number of hydrogen-bond acceptors (Lipinski definition) is 2. The minimum atomic E-state index is -0.308. The molecule has 56 valence electrons. The highest BCUT2D eigenvalue weighted by Crippen LogP contribution is 2.18. The highest BCUT2D eigenvalue weighted by molar-refractivity contribution is 5.81. The summed E-state index contributed by atoms with van der Waals surface area (Å²) in [5.41, 5.74) is 0.243. The van der Waals surface area contributed by atoms with Crippen molar-refractivity contribution in [3.63, 3.8) is 0 Å². The molecule has 0 saturated carbocycles. The molecule has 0 radical (unpaired) electrons. The first kappa shape index (κ1) is 6.03. The molecule has 4 nitrogen and oxygen atoms in total. The number of H-pyrrole nitrogens is 2. The Labute approximate surface area is 61.5 Å². The maximum absolute atomic E-state index is 10.8. The van der Waals surface area contributed by atoms with E-state index in [1.165, 1.54) is 0 Å². The Kier molecular flexibility index (Phi) is 1.03. The monoisotopic (exact) mass is 150 g/mol. The highest BCUT2D eigenvalue weighted by Gasteiger charge is 2.00. The lowest BCUT2D eigenvalue weighted by Crippen LogP contribution is -2.02. The molecule has 2 heterocycles. The Hall–Kier alpha value is -1.71. The summed E-state index contributed by atoms with van der Waals surface area (Å²) in [5, 5.41) is 9.83. The van der Waals surface area contributed by atoms with Crippen LogP contribution >= 0.6 is 0 Å². The summed E-state index contributed by atoms with van der Waals surface area (Å²) < 4.78 is 0. The van der Waals surface area contributed by atoms with Crippen LogP contribution in [0.15, 0.2) is 23.1 Å². The van der Waals surface area contributed by atoms with Crippen LogP contribution in [0.5, 0.6) is 5.75 Å². The molecule has 2 aromatic heterocycles. The number of aromatic nitrogens is 2. The standard InChI is InChI=1S/C7H6N2O2/c10-5-3-6(11)9-7-4(5)1-2-8-7/h1-3H,(H3,8,9,10,11). The molecule has 11 heavy (non-hydrogen) atoms. The molecule has 3 N–H and O–H groups in total. The average Bonchev–Trinajstić information content (AvgIpc) is 2.34. The fourth-order valence-electron chi connectivity index (χ4n) is 1.05. The van der Waals surface area contributed by atoms with Gasteiger partial charge in [0.25, 0.3) is 5.56 Å². The van der Waals surface area contributed by atoms with E-state index in [4.69, 9.17) is 0 Å². The van der Waals surface area contributed by atoms with E-state index < -0.39 is 0 Å². The lowest BCUT2D eigenvalue weighted by atomic mass is 10.3. The molecule has 0 aliphatic rings. The topological polar surface area (TPSA) is 68.9 Å². The largest absolute Gasteiger partial charge is 0.507 e. The van der Waals surface area contributed by atoms with E-state index in [0.717, 1.165) is 6.07 Å². The lowest BCUT2D eigenvalue weighted by molar-refractivity contribution is 0.480. The maximum atomic E-state index is 10.8. The van der Waals surface area contributed by atoms with Crippen LogP contribution in [0.4, 0.5) is 0 Å². The quantitative estimate of drug-likeness (QED) is 0.513. The molecule has 0 atom stereocenters. The van der Waals surface area contributed by atoms with Crippen molar-refractivity contribution in [2.75, 3.05) is 0 Å². The van der Waals surface area contributed by atoms with E-state index in [9.17, 15) is 9.90 Å².